The van der Waals surface area contributed by atoms with Crippen molar-refractivity contribution < 1.29 is 24.9 Å². The molecule has 7 nitrogen and oxygen atoms in total. The molecule has 122 valence electrons. The van der Waals surface area contributed by atoms with Crippen LogP contribution in [0.15, 0.2) is 23.2 Å². The first-order valence-corrected chi connectivity index (χ1v) is 7.80. The number of aryl methyl sites for hydroxylation is 1. The molecule has 1 amide bonds. The summed E-state index contributed by atoms with van der Waals surface area (Å²) in [6.07, 6.45) is -3.43. The van der Waals surface area contributed by atoms with Crippen LogP contribution in [0.2, 0.25) is 0 Å². The SMILES string of the molecule is CC(=O)N[C@H]1[C@@H](O)[C@@H](O)[C@@H](CO)O[C@H]1Sc1cccc(C)n1. The van der Waals surface area contributed by atoms with Gasteiger partial charge in [0.2, 0.25) is 5.91 Å². The minimum Gasteiger partial charge on any atom is -0.394 e. The molecule has 1 fully saturated rings. The summed E-state index contributed by atoms with van der Waals surface area (Å²) in [5.74, 6) is -0.343. The zero-order valence-electron chi connectivity index (χ0n) is 12.3. The predicted molar refractivity (Wildman–Crippen MR) is 80.2 cm³/mol. The van der Waals surface area contributed by atoms with Gasteiger partial charge < -0.3 is 25.4 Å². The average Bonchev–Trinajstić information content (AvgIpc) is 2.46. The summed E-state index contributed by atoms with van der Waals surface area (Å²) in [5, 5.41) is 32.7. The standard InChI is InChI=1S/C14H20N2O5S/c1-7-4-3-5-10(15-7)22-14-11(16-8(2)18)13(20)12(19)9(6-17)21-14/h3-5,9,11-14,17,19-20H,6H2,1-2H3,(H,16,18)/t9-,11+,12+,13-,14+/m1/s1. The van der Waals surface area contributed by atoms with Gasteiger partial charge in [0, 0.05) is 12.6 Å². The lowest BCUT2D eigenvalue weighted by Crippen LogP contribution is -2.63. The Morgan fingerprint density at radius 3 is 2.73 bits per heavy atom. The first kappa shape index (κ1) is 17.2. The number of aromatic nitrogens is 1. The van der Waals surface area contributed by atoms with E-state index >= 15 is 0 Å². The average molecular weight is 328 g/mol. The van der Waals surface area contributed by atoms with Crippen LogP contribution in [0.5, 0.6) is 0 Å². The van der Waals surface area contributed by atoms with E-state index in [2.05, 4.69) is 10.3 Å². The van der Waals surface area contributed by atoms with Gasteiger partial charge in [0.1, 0.15) is 23.7 Å². The van der Waals surface area contributed by atoms with Gasteiger partial charge in [-0.05, 0) is 19.1 Å². The molecule has 4 N–H and O–H groups in total. The van der Waals surface area contributed by atoms with Crippen LogP contribution in [0, 0.1) is 6.92 Å². The summed E-state index contributed by atoms with van der Waals surface area (Å²) in [6, 6.07) is 4.68. The van der Waals surface area contributed by atoms with Crippen molar-refractivity contribution in [2.75, 3.05) is 6.61 Å². The van der Waals surface area contributed by atoms with E-state index in [0.29, 0.717) is 5.03 Å². The van der Waals surface area contributed by atoms with Crippen LogP contribution >= 0.6 is 11.8 Å². The molecule has 0 bridgehead atoms. The van der Waals surface area contributed by atoms with Crippen molar-refractivity contribution in [1.29, 1.82) is 0 Å². The highest BCUT2D eigenvalue weighted by molar-refractivity contribution is 7.99. The molecule has 5 atom stereocenters. The number of nitrogens with zero attached hydrogens (tertiary/aromatic N) is 1. The number of carbonyl (C=O) groups excluding carboxylic acids is 1. The first-order chi connectivity index (χ1) is 10.4. The summed E-state index contributed by atoms with van der Waals surface area (Å²) in [4.78, 5) is 15.7. The molecule has 1 saturated heterocycles. The topological polar surface area (TPSA) is 112 Å². The number of amides is 1. The summed E-state index contributed by atoms with van der Waals surface area (Å²) >= 11 is 1.22. The van der Waals surface area contributed by atoms with Gasteiger partial charge in [0.15, 0.2) is 0 Å². The summed E-state index contributed by atoms with van der Waals surface area (Å²) in [7, 11) is 0. The van der Waals surface area contributed by atoms with Crippen LogP contribution in [-0.4, -0.2) is 62.6 Å². The minimum atomic E-state index is -1.27. The Morgan fingerprint density at radius 1 is 1.41 bits per heavy atom. The smallest absolute Gasteiger partial charge is 0.217 e. The van der Waals surface area contributed by atoms with Crippen molar-refractivity contribution in [3.05, 3.63) is 23.9 Å². The highest BCUT2D eigenvalue weighted by Crippen LogP contribution is 2.32. The number of hydrogen-bond donors (Lipinski definition) is 4. The Hall–Kier alpha value is -1.19. The third-order valence-corrected chi connectivity index (χ3v) is 4.46. The Labute approximate surface area is 132 Å². The molecule has 0 saturated carbocycles. The number of thioether (sulfide) groups is 1. The molecule has 0 aliphatic carbocycles. The molecule has 2 heterocycles. The minimum absolute atomic E-state index is 0.343. The number of nitrogens with one attached hydrogen (secondary N) is 1. The van der Waals surface area contributed by atoms with Crippen molar-refractivity contribution in [2.24, 2.45) is 0 Å². The molecule has 1 aliphatic rings. The molecule has 0 spiro atoms. The Morgan fingerprint density at radius 2 is 2.14 bits per heavy atom. The van der Waals surface area contributed by atoms with Crippen LogP contribution in [0.1, 0.15) is 12.6 Å². The summed E-state index contributed by atoms with van der Waals surface area (Å²) < 4.78 is 5.62. The monoisotopic (exact) mass is 328 g/mol. The highest BCUT2D eigenvalue weighted by atomic mass is 32.2. The van der Waals surface area contributed by atoms with Crippen molar-refractivity contribution in [1.82, 2.24) is 10.3 Å². The van der Waals surface area contributed by atoms with E-state index in [-0.39, 0.29) is 5.91 Å². The van der Waals surface area contributed by atoms with Gasteiger partial charge in [0.25, 0.3) is 0 Å². The maximum Gasteiger partial charge on any atom is 0.217 e. The molecule has 0 radical (unpaired) electrons. The molecule has 0 aromatic carbocycles. The number of pyridine rings is 1. The van der Waals surface area contributed by atoms with Crippen molar-refractivity contribution >= 4 is 17.7 Å². The second-order valence-corrected chi connectivity index (χ2v) is 6.29. The number of carbonyl (C=O) groups is 1. The molecule has 8 heteroatoms. The maximum atomic E-state index is 11.3. The van der Waals surface area contributed by atoms with Crippen molar-refractivity contribution in [3.63, 3.8) is 0 Å². The van der Waals surface area contributed by atoms with E-state index in [9.17, 15) is 20.1 Å². The third-order valence-electron chi connectivity index (χ3n) is 3.35. The lowest BCUT2D eigenvalue weighted by molar-refractivity contribution is -0.173. The fourth-order valence-corrected chi connectivity index (χ4v) is 3.44. The van der Waals surface area contributed by atoms with Crippen molar-refractivity contribution in [3.8, 4) is 0 Å². The molecule has 1 aromatic heterocycles. The van der Waals surface area contributed by atoms with Gasteiger partial charge in [-0.2, -0.15) is 0 Å². The Kier molecular flexibility index (Phi) is 5.76. The zero-order valence-corrected chi connectivity index (χ0v) is 13.2. The molecular weight excluding hydrogens is 308 g/mol. The second-order valence-electron chi connectivity index (χ2n) is 5.17. The quantitative estimate of drug-likeness (QED) is 0.585. The normalized spacial score (nSPS) is 31.8. The molecule has 2 rings (SSSR count). The summed E-state index contributed by atoms with van der Waals surface area (Å²) in [6.45, 7) is 2.75. The highest BCUT2D eigenvalue weighted by Gasteiger charge is 2.45. The Balaban J connectivity index is 2.21. The van der Waals surface area contributed by atoms with Gasteiger partial charge in [-0.25, -0.2) is 4.98 Å². The van der Waals surface area contributed by atoms with E-state index in [1.165, 1.54) is 18.7 Å². The van der Waals surface area contributed by atoms with Gasteiger partial charge in [-0.15, -0.1) is 0 Å². The van der Waals surface area contributed by atoms with E-state index in [4.69, 9.17) is 4.74 Å². The number of hydrogen-bond acceptors (Lipinski definition) is 7. The molecule has 1 aliphatic heterocycles. The lowest BCUT2D eigenvalue weighted by atomic mass is 9.98. The fourth-order valence-electron chi connectivity index (χ4n) is 2.27. The number of aliphatic hydroxyl groups is 3. The largest absolute Gasteiger partial charge is 0.394 e. The Bertz CT molecular complexity index is 530. The van der Waals surface area contributed by atoms with Crippen LogP contribution in [0.4, 0.5) is 0 Å². The number of rotatable bonds is 4. The first-order valence-electron chi connectivity index (χ1n) is 6.92. The van der Waals surface area contributed by atoms with Crippen molar-refractivity contribution in [2.45, 2.75) is 48.7 Å². The summed E-state index contributed by atoms with van der Waals surface area (Å²) in [5.41, 5.74) is 0.157. The van der Waals surface area contributed by atoms with E-state index in [0.717, 1.165) is 5.69 Å². The maximum absolute atomic E-state index is 11.3. The molecule has 1 aromatic rings. The second kappa shape index (κ2) is 7.38. The fraction of sp³-hybridized carbons (Fsp3) is 0.571. The molecular formula is C14H20N2O5S. The van der Waals surface area contributed by atoms with Gasteiger partial charge in [-0.1, -0.05) is 17.8 Å². The van der Waals surface area contributed by atoms with Gasteiger partial charge >= 0.3 is 0 Å². The van der Waals surface area contributed by atoms with Crippen LogP contribution in [-0.2, 0) is 9.53 Å². The third kappa shape index (κ3) is 3.96. The van der Waals surface area contributed by atoms with Crippen LogP contribution < -0.4 is 5.32 Å². The van der Waals surface area contributed by atoms with Gasteiger partial charge in [0.05, 0.1) is 17.7 Å². The van der Waals surface area contributed by atoms with Crippen LogP contribution in [0.25, 0.3) is 0 Å². The van der Waals surface area contributed by atoms with Gasteiger partial charge in [-0.3, -0.25) is 4.79 Å². The van der Waals surface area contributed by atoms with E-state index in [1.54, 1.807) is 6.07 Å². The predicted octanol–water partition coefficient (Wildman–Crippen LogP) is -0.574. The number of ether oxygens (including phenoxy) is 1. The lowest BCUT2D eigenvalue weighted by Gasteiger charge is -2.42. The molecule has 22 heavy (non-hydrogen) atoms. The van der Waals surface area contributed by atoms with E-state index in [1.807, 2.05) is 19.1 Å². The van der Waals surface area contributed by atoms with E-state index < -0.39 is 36.4 Å². The zero-order chi connectivity index (χ0) is 16.3. The van der Waals surface area contributed by atoms with Crippen LogP contribution in [0.3, 0.4) is 0 Å². The number of aliphatic hydroxyl groups excluding tert-OH is 3. The molecule has 0 unspecified atom stereocenters.